The third-order valence-corrected chi connectivity index (χ3v) is 5.88. The minimum atomic E-state index is -0.611. The highest BCUT2D eigenvalue weighted by molar-refractivity contribution is 6.00. The number of aryl methyl sites for hydroxylation is 1. The normalized spacial score (nSPS) is 20.2. The molecule has 0 saturated carbocycles. The fourth-order valence-corrected chi connectivity index (χ4v) is 4.35. The highest BCUT2D eigenvalue weighted by atomic mass is 16.5. The Balaban J connectivity index is 1.31. The number of rotatable bonds is 6. The van der Waals surface area contributed by atoms with Gasteiger partial charge in [0.1, 0.15) is 5.75 Å². The summed E-state index contributed by atoms with van der Waals surface area (Å²) in [5.74, 6) is -1.08. The van der Waals surface area contributed by atoms with Crippen LogP contribution >= 0.6 is 0 Å². The first kappa shape index (κ1) is 20.9. The van der Waals surface area contributed by atoms with Gasteiger partial charge < -0.3 is 19.7 Å². The van der Waals surface area contributed by atoms with Crippen molar-refractivity contribution < 1.29 is 23.9 Å². The maximum Gasteiger partial charge on any atom is 0.311 e. The number of nitrogens with zero attached hydrogens (tertiary/aromatic N) is 1. The van der Waals surface area contributed by atoms with Crippen molar-refractivity contribution in [1.82, 2.24) is 5.32 Å². The van der Waals surface area contributed by atoms with Crippen LogP contribution in [0.3, 0.4) is 0 Å². The Morgan fingerprint density at radius 3 is 2.74 bits per heavy atom. The first-order valence-corrected chi connectivity index (χ1v) is 10.5. The molecule has 2 aliphatic rings. The highest BCUT2D eigenvalue weighted by Crippen LogP contribution is 2.33. The summed E-state index contributed by atoms with van der Waals surface area (Å²) in [4.78, 5) is 38.9. The average Bonchev–Trinajstić information content (AvgIpc) is 3.19. The highest BCUT2D eigenvalue weighted by Gasteiger charge is 2.37. The quantitative estimate of drug-likeness (QED) is 0.724. The number of para-hydroxylation sites is 2. The number of carbonyl (C=O) groups excluding carboxylic acids is 3. The molecule has 2 unspecified atom stereocenters. The Kier molecular flexibility index (Phi) is 6.21. The molecular weight excluding hydrogens is 396 g/mol. The Labute approximate surface area is 181 Å². The molecule has 1 fully saturated rings. The van der Waals surface area contributed by atoms with Crippen LogP contribution in [-0.2, 0) is 25.5 Å². The lowest BCUT2D eigenvalue weighted by molar-refractivity contribution is -0.152. The minimum Gasteiger partial charge on any atom is -0.495 e. The van der Waals surface area contributed by atoms with Crippen molar-refractivity contribution in [3.8, 4) is 5.75 Å². The van der Waals surface area contributed by atoms with E-state index < -0.39 is 11.9 Å². The monoisotopic (exact) mass is 422 g/mol. The Hall–Kier alpha value is -3.35. The number of hydrogen-bond acceptors (Lipinski definition) is 5. The summed E-state index contributed by atoms with van der Waals surface area (Å²) in [5.41, 5.74) is 3.00. The van der Waals surface area contributed by atoms with Crippen LogP contribution in [0.15, 0.2) is 48.5 Å². The fourth-order valence-electron chi connectivity index (χ4n) is 4.35. The number of carbonyl (C=O) groups is 3. The molecule has 162 valence electrons. The zero-order valence-corrected chi connectivity index (χ0v) is 17.5. The van der Waals surface area contributed by atoms with Crippen LogP contribution in [0.4, 0.5) is 5.69 Å². The lowest BCUT2D eigenvalue weighted by atomic mass is 9.88. The smallest absolute Gasteiger partial charge is 0.311 e. The molecule has 1 N–H and O–H groups in total. The van der Waals surface area contributed by atoms with E-state index in [2.05, 4.69) is 11.4 Å². The number of esters is 1. The van der Waals surface area contributed by atoms with Crippen LogP contribution in [0, 0.1) is 5.92 Å². The number of benzene rings is 2. The summed E-state index contributed by atoms with van der Waals surface area (Å²) in [6.45, 7) is -0.146. The number of nitrogens with one attached hydrogen (secondary N) is 1. The zero-order chi connectivity index (χ0) is 21.8. The molecule has 1 aliphatic heterocycles. The predicted molar refractivity (Wildman–Crippen MR) is 115 cm³/mol. The van der Waals surface area contributed by atoms with Gasteiger partial charge in [0.2, 0.25) is 5.91 Å². The van der Waals surface area contributed by atoms with Crippen LogP contribution in [0.1, 0.15) is 36.4 Å². The van der Waals surface area contributed by atoms with E-state index in [0.29, 0.717) is 11.4 Å². The number of amides is 2. The fraction of sp³-hybridized carbons (Fsp3) is 0.375. The number of anilines is 1. The van der Waals surface area contributed by atoms with E-state index in [1.807, 2.05) is 30.3 Å². The third kappa shape index (κ3) is 4.55. The van der Waals surface area contributed by atoms with Gasteiger partial charge >= 0.3 is 5.97 Å². The van der Waals surface area contributed by atoms with Crippen LogP contribution in [0.5, 0.6) is 5.75 Å². The maximum absolute atomic E-state index is 12.5. The summed E-state index contributed by atoms with van der Waals surface area (Å²) in [6.07, 6.45) is 2.93. The van der Waals surface area contributed by atoms with Gasteiger partial charge in [0.15, 0.2) is 6.61 Å². The van der Waals surface area contributed by atoms with E-state index >= 15 is 0 Å². The minimum absolute atomic E-state index is 0.0501. The molecule has 7 heteroatoms. The molecule has 4 rings (SSSR count). The van der Waals surface area contributed by atoms with Crippen molar-refractivity contribution in [2.75, 3.05) is 25.2 Å². The van der Waals surface area contributed by atoms with E-state index in [4.69, 9.17) is 9.47 Å². The summed E-state index contributed by atoms with van der Waals surface area (Å²) in [5, 5.41) is 2.97. The molecule has 2 atom stereocenters. The molecular formula is C24H26N2O5. The van der Waals surface area contributed by atoms with Gasteiger partial charge in [-0.1, -0.05) is 36.4 Å². The van der Waals surface area contributed by atoms with Gasteiger partial charge in [-0.05, 0) is 42.5 Å². The zero-order valence-electron chi connectivity index (χ0n) is 17.5. The van der Waals surface area contributed by atoms with Crippen molar-refractivity contribution in [1.29, 1.82) is 0 Å². The predicted octanol–water partition coefficient (Wildman–Crippen LogP) is 2.79. The van der Waals surface area contributed by atoms with Crippen LogP contribution in [-0.4, -0.2) is 38.0 Å². The van der Waals surface area contributed by atoms with Crippen LogP contribution in [0.2, 0.25) is 0 Å². The molecule has 31 heavy (non-hydrogen) atoms. The number of methoxy groups -OCH3 is 1. The van der Waals surface area contributed by atoms with Crippen molar-refractivity contribution >= 4 is 23.5 Å². The molecule has 0 aromatic heterocycles. The first-order valence-electron chi connectivity index (χ1n) is 10.5. The summed E-state index contributed by atoms with van der Waals surface area (Å²) in [7, 11) is 1.54. The first-order chi connectivity index (χ1) is 15.1. The number of hydrogen-bond donors (Lipinski definition) is 1. The molecule has 1 heterocycles. The topological polar surface area (TPSA) is 84.9 Å². The molecule has 2 amide bonds. The van der Waals surface area contributed by atoms with E-state index in [9.17, 15) is 14.4 Å². The Bertz CT molecular complexity index is 989. The molecule has 1 aliphatic carbocycles. The van der Waals surface area contributed by atoms with Gasteiger partial charge in [-0.25, -0.2) is 0 Å². The van der Waals surface area contributed by atoms with Gasteiger partial charge in [0.05, 0.1) is 24.8 Å². The lowest BCUT2D eigenvalue weighted by Gasteiger charge is -2.26. The van der Waals surface area contributed by atoms with E-state index in [0.717, 1.165) is 24.8 Å². The van der Waals surface area contributed by atoms with E-state index in [1.165, 1.54) is 17.6 Å². The second kappa shape index (κ2) is 9.20. The van der Waals surface area contributed by atoms with Gasteiger partial charge in [-0.3, -0.25) is 14.4 Å². The van der Waals surface area contributed by atoms with Crippen molar-refractivity contribution in [2.45, 2.75) is 31.7 Å². The average molecular weight is 422 g/mol. The molecule has 7 nitrogen and oxygen atoms in total. The van der Waals surface area contributed by atoms with E-state index in [1.54, 1.807) is 12.1 Å². The van der Waals surface area contributed by atoms with Crippen molar-refractivity contribution in [3.05, 3.63) is 59.7 Å². The van der Waals surface area contributed by atoms with E-state index in [-0.39, 0.29) is 37.4 Å². The third-order valence-electron chi connectivity index (χ3n) is 5.88. The number of ether oxygens (including phenoxy) is 2. The Morgan fingerprint density at radius 1 is 1.13 bits per heavy atom. The van der Waals surface area contributed by atoms with Crippen LogP contribution in [0.25, 0.3) is 0 Å². The van der Waals surface area contributed by atoms with Gasteiger partial charge in [0, 0.05) is 13.0 Å². The molecule has 0 radical (unpaired) electrons. The van der Waals surface area contributed by atoms with Crippen LogP contribution < -0.4 is 15.0 Å². The van der Waals surface area contributed by atoms with Gasteiger partial charge in [0.25, 0.3) is 5.91 Å². The number of fused-ring (bicyclic) bond motifs is 1. The standard InChI is InChI=1S/C24H26N2O5/c1-30-21-12-5-4-11-20(21)26-14-17(13-23(26)28)24(29)31-15-22(27)25-19-10-6-8-16-7-2-3-9-18(16)19/h2-5,7,9,11-12,17,19H,6,8,10,13-15H2,1H3,(H,25,27). The molecule has 0 bridgehead atoms. The second-order valence-corrected chi connectivity index (χ2v) is 7.90. The molecule has 2 aromatic carbocycles. The lowest BCUT2D eigenvalue weighted by Crippen LogP contribution is -2.35. The molecule has 1 saturated heterocycles. The molecule has 0 spiro atoms. The summed E-state index contributed by atoms with van der Waals surface area (Å²) < 4.78 is 10.6. The van der Waals surface area contributed by atoms with Crippen molar-refractivity contribution in [2.24, 2.45) is 5.92 Å². The van der Waals surface area contributed by atoms with Gasteiger partial charge in [-0.15, -0.1) is 0 Å². The Morgan fingerprint density at radius 2 is 1.90 bits per heavy atom. The maximum atomic E-state index is 12.5. The van der Waals surface area contributed by atoms with Gasteiger partial charge in [-0.2, -0.15) is 0 Å². The summed E-state index contributed by atoms with van der Waals surface area (Å²) >= 11 is 0. The van der Waals surface area contributed by atoms with Crippen molar-refractivity contribution in [3.63, 3.8) is 0 Å². The second-order valence-electron chi connectivity index (χ2n) is 7.90. The SMILES string of the molecule is COc1ccccc1N1CC(C(=O)OCC(=O)NC2CCCc3ccccc32)CC1=O. The molecule has 2 aromatic rings. The largest absolute Gasteiger partial charge is 0.495 e. The summed E-state index contributed by atoms with van der Waals surface area (Å²) in [6, 6.07) is 15.2.